The molecule has 70 heavy (non-hydrogen) atoms. The second-order valence-corrected chi connectivity index (χ2v) is 19.3. The smallest absolute Gasteiger partial charge is 0.306 e. The Bertz CT molecular complexity index is 1380. The van der Waals surface area contributed by atoms with Gasteiger partial charge in [0.05, 0.1) is 6.61 Å². The second kappa shape index (κ2) is 59.9. The van der Waals surface area contributed by atoms with Crippen molar-refractivity contribution in [2.24, 2.45) is 0 Å². The van der Waals surface area contributed by atoms with Crippen LogP contribution in [0.25, 0.3) is 0 Å². The first-order valence-corrected chi connectivity index (χ1v) is 29.4. The van der Waals surface area contributed by atoms with Gasteiger partial charge >= 0.3 is 11.9 Å². The molecule has 0 aromatic rings. The van der Waals surface area contributed by atoms with E-state index in [0.717, 1.165) is 103 Å². The van der Waals surface area contributed by atoms with Crippen LogP contribution in [0.1, 0.15) is 271 Å². The molecule has 0 aromatic carbocycles. The number of aliphatic hydroxyl groups is 1. The van der Waals surface area contributed by atoms with Crippen LogP contribution < -0.4 is 0 Å². The summed E-state index contributed by atoms with van der Waals surface area (Å²) < 4.78 is 10.7. The summed E-state index contributed by atoms with van der Waals surface area (Å²) in [7, 11) is 0. The Morgan fingerprint density at radius 3 is 0.857 bits per heavy atom. The van der Waals surface area contributed by atoms with E-state index in [2.05, 4.69) is 123 Å². The molecule has 0 saturated carbocycles. The Morgan fingerprint density at radius 2 is 0.571 bits per heavy atom. The van der Waals surface area contributed by atoms with Gasteiger partial charge < -0.3 is 14.6 Å². The summed E-state index contributed by atoms with van der Waals surface area (Å²) in [6.07, 6.45) is 86.5. The van der Waals surface area contributed by atoms with E-state index in [0.29, 0.717) is 12.8 Å². The van der Waals surface area contributed by atoms with Gasteiger partial charge in [0.2, 0.25) is 0 Å². The van der Waals surface area contributed by atoms with Crippen molar-refractivity contribution in [2.75, 3.05) is 13.2 Å². The molecule has 0 bridgehead atoms. The van der Waals surface area contributed by atoms with Crippen molar-refractivity contribution in [3.05, 3.63) is 109 Å². The van der Waals surface area contributed by atoms with Crippen molar-refractivity contribution < 1.29 is 24.2 Å². The first kappa shape index (κ1) is 66.6. The third kappa shape index (κ3) is 57.1. The number of esters is 2. The maximum atomic E-state index is 12.3. The van der Waals surface area contributed by atoms with Crippen molar-refractivity contribution in [1.82, 2.24) is 0 Å². The SMILES string of the molecule is CC/C=C\C/C=C\C/C=C\C/C=C\C/C=C\C/C=C\CCCCCCCCCCCCCCCCCCCCCCC(=O)OC(CO)COC(=O)CCCCCCCCC/C=C\C/C=C\C/C=C\CC. The highest BCUT2D eigenvalue weighted by Gasteiger charge is 2.16. The first-order chi connectivity index (χ1) is 34.6. The van der Waals surface area contributed by atoms with E-state index in [1.165, 1.54) is 141 Å². The molecule has 0 radical (unpaired) electrons. The number of allylic oxidation sites excluding steroid dienone is 18. The van der Waals surface area contributed by atoms with Gasteiger partial charge in [0.1, 0.15) is 6.61 Å². The fourth-order valence-electron chi connectivity index (χ4n) is 8.22. The number of carbonyl (C=O) groups is 2. The molecular formula is C65H110O5. The van der Waals surface area contributed by atoms with Gasteiger partial charge in [-0.2, -0.15) is 0 Å². The van der Waals surface area contributed by atoms with E-state index in [9.17, 15) is 14.7 Å². The Morgan fingerprint density at radius 1 is 0.329 bits per heavy atom. The largest absolute Gasteiger partial charge is 0.462 e. The topological polar surface area (TPSA) is 72.8 Å². The highest BCUT2D eigenvalue weighted by atomic mass is 16.6. The molecule has 0 heterocycles. The van der Waals surface area contributed by atoms with Crippen molar-refractivity contribution in [1.29, 1.82) is 0 Å². The molecule has 0 fully saturated rings. The molecule has 1 atom stereocenters. The highest BCUT2D eigenvalue weighted by molar-refractivity contribution is 5.70. The lowest BCUT2D eigenvalue weighted by atomic mass is 10.0. The molecule has 400 valence electrons. The standard InChI is InChI=1S/C65H110O5/c1-3-5-7-9-11-13-15-17-19-21-22-23-24-25-26-27-28-29-30-31-32-33-34-35-36-37-38-39-40-41-42-44-46-48-50-52-54-56-58-60-65(68)70-63(61-66)62-69-64(67)59-57-55-53-51-49-47-45-43-20-18-16-14-12-10-8-6-4-2/h5-8,11-14,17-20,22-23,25-26,28-29,63,66H,3-4,9-10,15-16,21,24,27,30-62H2,1-2H3/b7-5-,8-6-,13-11-,14-12-,19-17-,20-18-,23-22-,26-25-,29-28-. The minimum Gasteiger partial charge on any atom is -0.462 e. The molecule has 1 unspecified atom stereocenters. The molecule has 0 aliphatic heterocycles. The Hall–Kier alpha value is -3.44. The fraction of sp³-hybridized carbons (Fsp3) is 0.692. The third-order valence-electron chi connectivity index (χ3n) is 12.6. The summed E-state index contributed by atoms with van der Waals surface area (Å²) in [6.45, 7) is 3.92. The normalized spacial score (nSPS) is 13.0. The van der Waals surface area contributed by atoms with Crippen LogP contribution >= 0.6 is 0 Å². The summed E-state index contributed by atoms with van der Waals surface area (Å²) >= 11 is 0. The van der Waals surface area contributed by atoms with Crippen LogP contribution in [-0.2, 0) is 19.1 Å². The van der Waals surface area contributed by atoms with Crippen LogP contribution in [0, 0.1) is 0 Å². The predicted octanol–water partition coefficient (Wildman–Crippen LogP) is 20.1. The lowest BCUT2D eigenvalue weighted by Gasteiger charge is -2.15. The molecule has 0 aliphatic carbocycles. The van der Waals surface area contributed by atoms with Crippen LogP contribution in [0.2, 0.25) is 0 Å². The average Bonchev–Trinajstić information content (AvgIpc) is 3.36. The first-order valence-electron chi connectivity index (χ1n) is 29.4. The summed E-state index contributed by atoms with van der Waals surface area (Å²) in [5, 5.41) is 9.65. The van der Waals surface area contributed by atoms with Gasteiger partial charge in [-0.25, -0.2) is 0 Å². The number of unbranched alkanes of at least 4 members (excludes halogenated alkanes) is 27. The fourth-order valence-corrected chi connectivity index (χ4v) is 8.22. The number of ether oxygens (including phenoxy) is 2. The lowest BCUT2D eigenvalue weighted by Crippen LogP contribution is -2.28. The Kier molecular flexibility index (Phi) is 56.9. The van der Waals surface area contributed by atoms with E-state index in [-0.39, 0.29) is 25.2 Å². The Labute approximate surface area is 433 Å². The van der Waals surface area contributed by atoms with Gasteiger partial charge in [-0.05, 0) is 96.3 Å². The summed E-state index contributed by atoms with van der Waals surface area (Å²) in [6, 6.07) is 0. The molecule has 5 nitrogen and oxygen atoms in total. The molecule has 0 spiro atoms. The zero-order valence-electron chi connectivity index (χ0n) is 45.7. The zero-order valence-corrected chi connectivity index (χ0v) is 45.7. The second-order valence-electron chi connectivity index (χ2n) is 19.3. The average molecular weight is 972 g/mol. The van der Waals surface area contributed by atoms with Crippen molar-refractivity contribution in [3.63, 3.8) is 0 Å². The number of hydrogen-bond donors (Lipinski definition) is 1. The minimum atomic E-state index is -0.780. The number of carbonyl (C=O) groups excluding carboxylic acids is 2. The summed E-state index contributed by atoms with van der Waals surface area (Å²) in [5.74, 6) is -0.598. The molecule has 1 N–H and O–H groups in total. The van der Waals surface area contributed by atoms with Gasteiger partial charge in [-0.15, -0.1) is 0 Å². The number of aliphatic hydroxyl groups excluding tert-OH is 1. The van der Waals surface area contributed by atoms with Crippen LogP contribution in [-0.4, -0.2) is 36.4 Å². The maximum absolute atomic E-state index is 12.3. The zero-order chi connectivity index (χ0) is 50.6. The molecule has 0 aliphatic rings. The molecule has 0 saturated heterocycles. The van der Waals surface area contributed by atoms with E-state index in [4.69, 9.17) is 9.47 Å². The Balaban J connectivity index is 3.46. The molecule has 0 rings (SSSR count). The van der Waals surface area contributed by atoms with E-state index in [1.54, 1.807) is 0 Å². The lowest BCUT2D eigenvalue weighted by molar-refractivity contribution is -0.161. The monoisotopic (exact) mass is 971 g/mol. The maximum Gasteiger partial charge on any atom is 0.306 e. The summed E-state index contributed by atoms with van der Waals surface area (Å²) in [4.78, 5) is 24.5. The molecule has 0 amide bonds. The van der Waals surface area contributed by atoms with Gasteiger partial charge in [0, 0.05) is 12.8 Å². The molecular weight excluding hydrogens is 861 g/mol. The number of rotatable bonds is 53. The number of hydrogen-bond acceptors (Lipinski definition) is 5. The molecule has 5 heteroatoms. The predicted molar refractivity (Wildman–Crippen MR) is 306 cm³/mol. The van der Waals surface area contributed by atoms with Gasteiger partial charge in [0.25, 0.3) is 0 Å². The van der Waals surface area contributed by atoms with Crippen LogP contribution in [0.15, 0.2) is 109 Å². The van der Waals surface area contributed by atoms with Crippen LogP contribution in [0.5, 0.6) is 0 Å². The summed E-state index contributed by atoms with van der Waals surface area (Å²) in [5.41, 5.74) is 0. The van der Waals surface area contributed by atoms with Gasteiger partial charge in [-0.1, -0.05) is 271 Å². The van der Waals surface area contributed by atoms with Crippen molar-refractivity contribution in [3.8, 4) is 0 Å². The third-order valence-corrected chi connectivity index (χ3v) is 12.6. The van der Waals surface area contributed by atoms with E-state index >= 15 is 0 Å². The van der Waals surface area contributed by atoms with Crippen molar-refractivity contribution in [2.45, 2.75) is 277 Å². The van der Waals surface area contributed by atoms with Crippen LogP contribution in [0.4, 0.5) is 0 Å². The van der Waals surface area contributed by atoms with Gasteiger partial charge in [-0.3, -0.25) is 9.59 Å². The highest BCUT2D eigenvalue weighted by Crippen LogP contribution is 2.16. The van der Waals surface area contributed by atoms with Crippen LogP contribution in [0.3, 0.4) is 0 Å². The van der Waals surface area contributed by atoms with Crippen molar-refractivity contribution >= 4 is 11.9 Å². The quantitative estimate of drug-likeness (QED) is 0.0373. The van der Waals surface area contributed by atoms with E-state index < -0.39 is 6.10 Å². The van der Waals surface area contributed by atoms with Gasteiger partial charge in [0.15, 0.2) is 6.10 Å². The minimum absolute atomic E-state index is 0.0728. The molecule has 0 aromatic heterocycles. The van der Waals surface area contributed by atoms with E-state index in [1.807, 2.05) is 0 Å².